The van der Waals surface area contributed by atoms with E-state index in [1.165, 1.54) is 4.90 Å². The summed E-state index contributed by atoms with van der Waals surface area (Å²) in [6.45, 7) is 2.77. The summed E-state index contributed by atoms with van der Waals surface area (Å²) in [7, 11) is 0. The van der Waals surface area contributed by atoms with Crippen molar-refractivity contribution in [2.24, 2.45) is 0 Å². The van der Waals surface area contributed by atoms with Crippen molar-refractivity contribution in [2.75, 3.05) is 23.4 Å². The van der Waals surface area contributed by atoms with Gasteiger partial charge in [0.1, 0.15) is 5.52 Å². The molecule has 108 valence electrons. The van der Waals surface area contributed by atoms with Crippen molar-refractivity contribution in [3.05, 3.63) is 30.6 Å². The minimum absolute atomic E-state index is 0.570. The molecule has 0 amide bonds. The van der Waals surface area contributed by atoms with Gasteiger partial charge in [0, 0.05) is 17.1 Å². The molecule has 0 bridgehead atoms. The number of hydrogen-bond acceptors (Lipinski definition) is 6. The van der Waals surface area contributed by atoms with E-state index in [1.54, 1.807) is 18.1 Å². The summed E-state index contributed by atoms with van der Waals surface area (Å²) in [5.74, 6) is 1.28. The van der Waals surface area contributed by atoms with Crippen molar-refractivity contribution in [1.82, 2.24) is 19.9 Å². The molecule has 7 heteroatoms. The highest BCUT2D eigenvalue weighted by Gasteiger charge is 2.10. The first-order valence-electron chi connectivity index (χ1n) is 6.66. The highest BCUT2D eigenvalue weighted by atomic mass is 32.2. The lowest BCUT2D eigenvalue weighted by atomic mass is 10.3. The Bertz CT molecular complexity index is 754. The van der Waals surface area contributed by atoms with Gasteiger partial charge >= 0.3 is 0 Å². The van der Waals surface area contributed by atoms with Gasteiger partial charge in [-0.25, -0.2) is 4.98 Å². The number of rotatable bonds is 5. The molecule has 0 aliphatic rings. The molecule has 0 saturated carbocycles. The molecular formula is C14H16N6S. The second-order valence-electron chi connectivity index (χ2n) is 4.38. The molecule has 21 heavy (non-hydrogen) atoms. The zero-order valence-electron chi connectivity index (χ0n) is 11.8. The van der Waals surface area contributed by atoms with Gasteiger partial charge in [0.25, 0.3) is 0 Å². The first-order chi connectivity index (χ1) is 10.3. The van der Waals surface area contributed by atoms with E-state index in [4.69, 9.17) is 0 Å². The Labute approximate surface area is 126 Å². The minimum atomic E-state index is 0.570. The molecule has 6 nitrogen and oxygen atoms in total. The number of anilines is 3. The van der Waals surface area contributed by atoms with Crippen molar-refractivity contribution in [3.63, 3.8) is 0 Å². The van der Waals surface area contributed by atoms with Gasteiger partial charge in [0.05, 0.1) is 6.33 Å². The van der Waals surface area contributed by atoms with E-state index >= 15 is 0 Å². The van der Waals surface area contributed by atoms with E-state index in [-0.39, 0.29) is 0 Å². The maximum Gasteiger partial charge on any atom is 0.226 e. The first-order valence-corrected chi connectivity index (χ1v) is 7.88. The van der Waals surface area contributed by atoms with Crippen LogP contribution in [0.1, 0.15) is 6.92 Å². The number of benzene rings is 1. The highest BCUT2D eigenvalue weighted by molar-refractivity contribution is 7.98. The molecular weight excluding hydrogens is 284 g/mol. The van der Waals surface area contributed by atoms with Gasteiger partial charge in [-0.05, 0) is 31.4 Å². The van der Waals surface area contributed by atoms with E-state index in [2.05, 4.69) is 49.0 Å². The van der Waals surface area contributed by atoms with E-state index in [0.29, 0.717) is 17.4 Å². The van der Waals surface area contributed by atoms with E-state index in [0.717, 1.165) is 17.7 Å². The summed E-state index contributed by atoms with van der Waals surface area (Å²) in [5, 5.41) is 6.45. The molecule has 0 atom stereocenters. The number of fused-ring (bicyclic) bond motifs is 1. The summed E-state index contributed by atoms with van der Waals surface area (Å²) >= 11 is 1.70. The van der Waals surface area contributed by atoms with Crippen LogP contribution in [-0.2, 0) is 0 Å². The molecule has 2 aromatic heterocycles. The second-order valence-corrected chi connectivity index (χ2v) is 5.26. The lowest BCUT2D eigenvalue weighted by molar-refractivity contribution is 1.10. The Morgan fingerprint density at radius 1 is 1.29 bits per heavy atom. The molecule has 0 saturated heterocycles. The zero-order valence-corrected chi connectivity index (χ0v) is 12.7. The average molecular weight is 300 g/mol. The summed E-state index contributed by atoms with van der Waals surface area (Å²) < 4.78 is 0. The Kier molecular flexibility index (Phi) is 3.92. The van der Waals surface area contributed by atoms with E-state index in [9.17, 15) is 0 Å². The summed E-state index contributed by atoms with van der Waals surface area (Å²) in [5.41, 5.74) is 2.43. The standard InChI is InChI=1S/C14H16N6S/c1-3-15-14-19-12-11(16-8-17-12)13(20-14)18-9-5-4-6-10(7-9)21-2/h4-8H,3H2,1-2H3,(H3,15,16,17,18,19,20). The number of imidazole rings is 1. The number of hydrogen-bond donors (Lipinski definition) is 3. The van der Waals surface area contributed by atoms with Crippen LogP contribution in [0.5, 0.6) is 0 Å². The van der Waals surface area contributed by atoms with Gasteiger partial charge in [0.2, 0.25) is 5.95 Å². The molecule has 3 rings (SSSR count). The molecule has 0 radical (unpaired) electrons. The Hall–Kier alpha value is -2.28. The predicted molar refractivity (Wildman–Crippen MR) is 87.4 cm³/mol. The number of aromatic amines is 1. The van der Waals surface area contributed by atoms with Crippen LogP contribution in [0.4, 0.5) is 17.5 Å². The van der Waals surface area contributed by atoms with E-state index < -0.39 is 0 Å². The quantitative estimate of drug-likeness (QED) is 0.628. The van der Waals surface area contributed by atoms with Crippen LogP contribution in [0.3, 0.4) is 0 Å². The van der Waals surface area contributed by atoms with Crippen LogP contribution in [-0.4, -0.2) is 32.7 Å². The van der Waals surface area contributed by atoms with Gasteiger partial charge < -0.3 is 15.6 Å². The van der Waals surface area contributed by atoms with Crippen LogP contribution in [0.2, 0.25) is 0 Å². The summed E-state index contributed by atoms with van der Waals surface area (Å²) in [6, 6.07) is 8.19. The Morgan fingerprint density at radius 2 is 2.19 bits per heavy atom. The van der Waals surface area contributed by atoms with Crippen LogP contribution < -0.4 is 10.6 Å². The molecule has 0 fully saturated rings. The second kappa shape index (κ2) is 6.01. The fourth-order valence-electron chi connectivity index (χ4n) is 2.00. The van der Waals surface area contributed by atoms with Crippen LogP contribution >= 0.6 is 11.8 Å². The van der Waals surface area contributed by atoms with Crippen LogP contribution in [0.25, 0.3) is 11.2 Å². The predicted octanol–water partition coefficient (Wildman–Crippen LogP) is 3.25. The number of nitrogens with one attached hydrogen (secondary N) is 3. The third-order valence-electron chi connectivity index (χ3n) is 2.95. The highest BCUT2D eigenvalue weighted by Crippen LogP contribution is 2.25. The maximum atomic E-state index is 4.50. The molecule has 3 aromatic rings. The smallest absolute Gasteiger partial charge is 0.226 e. The third-order valence-corrected chi connectivity index (χ3v) is 3.68. The number of H-pyrrole nitrogens is 1. The number of thioether (sulfide) groups is 1. The molecule has 1 aromatic carbocycles. The SMILES string of the molecule is CCNc1nc(Nc2cccc(SC)c2)c2[nH]cnc2n1. The molecule has 3 N–H and O–H groups in total. The molecule has 0 spiro atoms. The normalized spacial score (nSPS) is 10.8. The molecule has 0 aliphatic heterocycles. The lowest BCUT2D eigenvalue weighted by Crippen LogP contribution is -2.05. The topological polar surface area (TPSA) is 78.5 Å². The van der Waals surface area contributed by atoms with Crippen molar-refractivity contribution in [1.29, 1.82) is 0 Å². The van der Waals surface area contributed by atoms with Crippen LogP contribution in [0.15, 0.2) is 35.5 Å². The Balaban J connectivity index is 1.99. The van der Waals surface area contributed by atoms with Crippen molar-refractivity contribution in [2.45, 2.75) is 11.8 Å². The monoisotopic (exact) mass is 300 g/mol. The largest absolute Gasteiger partial charge is 0.354 e. The fourth-order valence-corrected chi connectivity index (χ4v) is 2.46. The van der Waals surface area contributed by atoms with Gasteiger partial charge in [-0.3, -0.25) is 0 Å². The molecule has 2 heterocycles. The summed E-state index contributed by atoms with van der Waals surface area (Å²) in [4.78, 5) is 17.3. The van der Waals surface area contributed by atoms with Gasteiger partial charge in [-0.1, -0.05) is 6.07 Å². The van der Waals surface area contributed by atoms with Crippen molar-refractivity contribution < 1.29 is 0 Å². The minimum Gasteiger partial charge on any atom is -0.354 e. The zero-order chi connectivity index (χ0) is 14.7. The Morgan fingerprint density at radius 3 is 3.00 bits per heavy atom. The molecule has 0 aliphatic carbocycles. The van der Waals surface area contributed by atoms with Gasteiger partial charge in [-0.2, -0.15) is 9.97 Å². The maximum absolute atomic E-state index is 4.50. The number of aromatic nitrogens is 4. The van der Waals surface area contributed by atoms with Crippen molar-refractivity contribution >= 4 is 40.4 Å². The number of nitrogens with zero attached hydrogens (tertiary/aromatic N) is 3. The van der Waals surface area contributed by atoms with Gasteiger partial charge in [0.15, 0.2) is 11.5 Å². The first kappa shape index (κ1) is 13.7. The van der Waals surface area contributed by atoms with Crippen LogP contribution in [0, 0.1) is 0 Å². The van der Waals surface area contributed by atoms with Crippen molar-refractivity contribution in [3.8, 4) is 0 Å². The summed E-state index contributed by atoms with van der Waals surface area (Å²) in [6.07, 6.45) is 3.68. The third kappa shape index (κ3) is 2.92. The lowest BCUT2D eigenvalue weighted by Gasteiger charge is -2.09. The van der Waals surface area contributed by atoms with E-state index in [1.807, 2.05) is 19.1 Å². The fraction of sp³-hybridized carbons (Fsp3) is 0.214. The molecule has 0 unspecified atom stereocenters. The average Bonchev–Trinajstić information content (AvgIpc) is 2.96. The van der Waals surface area contributed by atoms with Gasteiger partial charge in [-0.15, -0.1) is 11.8 Å².